The molecule has 0 amide bonds. The Morgan fingerprint density at radius 3 is 2.20 bits per heavy atom. The van der Waals surface area contributed by atoms with E-state index in [-0.39, 0.29) is 0 Å². The number of hydrogen-bond donors (Lipinski definition) is 0. The van der Waals surface area contributed by atoms with Gasteiger partial charge in [0.1, 0.15) is 0 Å². The van der Waals surface area contributed by atoms with Crippen LogP contribution in [0.2, 0.25) is 0 Å². The fourth-order valence-corrected chi connectivity index (χ4v) is 3.62. The van der Waals surface area contributed by atoms with E-state index in [0.29, 0.717) is 10.5 Å². The molecule has 0 aliphatic carbocycles. The first-order valence-corrected chi connectivity index (χ1v) is 9.39. The normalized spacial score (nSPS) is 11.7. The molecule has 108 valence electrons. The van der Waals surface area contributed by atoms with Crippen LogP contribution in [0.3, 0.4) is 0 Å². The molecule has 20 heavy (non-hydrogen) atoms. The molecular weight excluding hydrogens is 280 g/mol. The summed E-state index contributed by atoms with van der Waals surface area (Å²) >= 11 is 4.04. The van der Waals surface area contributed by atoms with Crippen LogP contribution in [0.5, 0.6) is 0 Å². The van der Waals surface area contributed by atoms with Gasteiger partial charge in [-0.15, -0.1) is 0 Å². The van der Waals surface area contributed by atoms with Crippen LogP contribution in [0, 0.1) is 0 Å². The summed E-state index contributed by atoms with van der Waals surface area (Å²) in [5.41, 5.74) is 2.95. The van der Waals surface area contributed by atoms with Gasteiger partial charge < -0.3 is 0 Å². The molecule has 2 aromatic rings. The van der Waals surface area contributed by atoms with Crippen molar-refractivity contribution in [2.75, 3.05) is 0 Å². The molecule has 0 saturated heterocycles. The molecule has 0 heterocycles. The molecule has 2 rings (SSSR count). The number of fused-ring (bicyclic) bond motifs is 1. The summed E-state index contributed by atoms with van der Waals surface area (Å²) in [6, 6.07) is 13.5. The van der Waals surface area contributed by atoms with E-state index in [9.17, 15) is 0 Å². The Morgan fingerprint density at radius 1 is 0.850 bits per heavy atom. The second-order valence-electron chi connectivity index (χ2n) is 5.70. The monoisotopic (exact) mass is 304 g/mol. The summed E-state index contributed by atoms with van der Waals surface area (Å²) in [5.74, 6) is 2.22. The molecule has 0 fully saturated rings. The molecule has 0 atom stereocenters. The van der Waals surface area contributed by atoms with Gasteiger partial charge >= 0.3 is 0 Å². The predicted molar refractivity (Wildman–Crippen MR) is 96.8 cm³/mol. The standard InChI is InChI=1S/C18H24S2/c1-13(2)19-11-15-9-16-7-5-6-8-18(16)17(10-15)12-20-14(3)4/h5-10,13-14H,11-12H2,1-4H3. The van der Waals surface area contributed by atoms with Crippen LogP contribution in [-0.2, 0) is 11.5 Å². The highest BCUT2D eigenvalue weighted by atomic mass is 32.2. The van der Waals surface area contributed by atoms with Crippen LogP contribution in [0.4, 0.5) is 0 Å². The van der Waals surface area contributed by atoms with E-state index >= 15 is 0 Å². The van der Waals surface area contributed by atoms with Crippen molar-refractivity contribution in [2.24, 2.45) is 0 Å². The third-order valence-corrected chi connectivity index (χ3v) is 5.47. The zero-order chi connectivity index (χ0) is 14.5. The molecule has 0 aromatic heterocycles. The van der Waals surface area contributed by atoms with Gasteiger partial charge in [0, 0.05) is 11.5 Å². The maximum Gasteiger partial charge on any atom is 0.0193 e. The minimum Gasteiger partial charge on any atom is -0.154 e. The number of hydrogen-bond acceptors (Lipinski definition) is 2. The second kappa shape index (κ2) is 7.42. The van der Waals surface area contributed by atoms with Crippen LogP contribution in [-0.4, -0.2) is 10.5 Å². The third kappa shape index (κ3) is 4.46. The molecule has 0 aliphatic rings. The van der Waals surface area contributed by atoms with Gasteiger partial charge in [0.2, 0.25) is 0 Å². The number of rotatable bonds is 6. The van der Waals surface area contributed by atoms with E-state index in [1.807, 2.05) is 23.5 Å². The van der Waals surface area contributed by atoms with E-state index in [4.69, 9.17) is 0 Å². The van der Waals surface area contributed by atoms with Crippen molar-refractivity contribution in [3.05, 3.63) is 47.5 Å². The first-order valence-electron chi connectivity index (χ1n) is 7.30. The van der Waals surface area contributed by atoms with E-state index in [0.717, 1.165) is 11.5 Å². The van der Waals surface area contributed by atoms with Gasteiger partial charge in [-0.05, 0) is 32.4 Å². The zero-order valence-corrected chi connectivity index (χ0v) is 14.5. The van der Waals surface area contributed by atoms with Crippen LogP contribution in [0.25, 0.3) is 10.8 Å². The Morgan fingerprint density at radius 2 is 1.50 bits per heavy atom. The van der Waals surface area contributed by atoms with Crippen LogP contribution in [0.1, 0.15) is 38.8 Å². The van der Waals surface area contributed by atoms with Gasteiger partial charge in [0.25, 0.3) is 0 Å². The van der Waals surface area contributed by atoms with Crippen LogP contribution in [0.15, 0.2) is 36.4 Å². The maximum atomic E-state index is 2.41. The molecule has 0 radical (unpaired) electrons. The zero-order valence-electron chi connectivity index (χ0n) is 12.8. The van der Waals surface area contributed by atoms with E-state index in [2.05, 4.69) is 64.1 Å². The molecule has 0 bridgehead atoms. The van der Waals surface area contributed by atoms with Gasteiger partial charge in [-0.25, -0.2) is 0 Å². The summed E-state index contributed by atoms with van der Waals surface area (Å²) in [6.45, 7) is 9.07. The minimum absolute atomic E-state index is 0.683. The summed E-state index contributed by atoms with van der Waals surface area (Å²) in [4.78, 5) is 0. The molecule has 2 heteroatoms. The molecule has 0 nitrogen and oxygen atoms in total. The van der Waals surface area contributed by atoms with Crippen molar-refractivity contribution >= 4 is 34.3 Å². The topological polar surface area (TPSA) is 0 Å². The van der Waals surface area contributed by atoms with Crippen molar-refractivity contribution in [3.8, 4) is 0 Å². The molecule has 0 spiro atoms. The quantitative estimate of drug-likeness (QED) is 0.630. The summed E-state index contributed by atoms with van der Waals surface area (Å²) in [6.07, 6.45) is 0. The Kier molecular flexibility index (Phi) is 5.86. The molecule has 0 unspecified atom stereocenters. The lowest BCUT2D eigenvalue weighted by molar-refractivity contribution is 1.11. The minimum atomic E-state index is 0.683. The first kappa shape index (κ1) is 15.8. The van der Waals surface area contributed by atoms with E-state index in [1.54, 1.807) is 0 Å². The predicted octanol–water partition coefficient (Wildman–Crippen LogP) is 6.12. The van der Waals surface area contributed by atoms with E-state index < -0.39 is 0 Å². The lowest BCUT2D eigenvalue weighted by Gasteiger charge is -2.12. The van der Waals surface area contributed by atoms with Crippen molar-refractivity contribution in [2.45, 2.75) is 49.7 Å². The fourth-order valence-electron chi connectivity index (χ4n) is 2.18. The van der Waals surface area contributed by atoms with Gasteiger partial charge in [0.05, 0.1) is 0 Å². The lowest BCUT2D eigenvalue weighted by atomic mass is 10.0. The number of benzene rings is 2. The van der Waals surface area contributed by atoms with Crippen molar-refractivity contribution in [3.63, 3.8) is 0 Å². The second-order valence-corrected chi connectivity index (χ2v) is 8.83. The van der Waals surface area contributed by atoms with Crippen molar-refractivity contribution in [1.29, 1.82) is 0 Å². The van der Waals surface area contributed by atoms with Crippen LogP contribution >= 0.6 is 23.5 Å². The smallest absolute Gasteiger partial charge is 0.0193 e. The average molecular weight is 305 g/mol. The lowest BCUT2D eigenvalue weighted by Crippen LogP contribution is -1.94. The van der Waals surface area contributed by atoms with Gasteiger partial charge in [-0.3, -0.25) is 0 Å². The summed E-state index contributed by atoms with van der Waals surface area (Å²) in [5, 5.41) is 4.17. The first-order chi connectivity index (χ1) is 9.56. The Labute approximate surface area is 131 Å². The Balaban J connectivity index is 2.31. The molecule has 0 aliphatic heterocycles. The maximum absolute atomic E-state index is 2.41. The van der Waals surface area contributed by atoms with Crippen molar-refractivity contribution < 1.29 is 0 Å². The fraction of sp³-hybridized carbons (Fsp3) is 0.444. The van der Waals surface area contributed by atoms with Gasteiger partial charge in [-0.1, -0.05) is 64.1 Å². The Hall–Kier alpha value is -0.600. The number of thioether (sulfide) groups is 2. The summed E-state index contributed by atoms with van der Waals surface area (Å²) in [7, 11) is 0. The van der Waals surface area contributed by atoms with Gasteiger partial charge in [0.15, 0.2) is 0 Å². The Bertz CT molecular complexity index is 558. The summed E-state index contributed by atoms with van der Waals surface area (Å²) < 4.78 is 0. The third-order valence-electron chi connectivity index (χ3n) is 3.16. The van der Waals surface area contributed by atoms with E-state index in [1.165, 1.54) is 21.9 Å². The van der Waals surface area contributed by atoms with Gasteiger partial charge in [-0.2, -0.15) is 23.5 Å². The van der Waals surface area contributed by atoms with Crippen LogP contribution < -0.4 is 0 Å². The molecular formula is C18H24S2. The molecule has 0 N–H and O–H groups in total. The highest BCUT2D eigenvalue weighted by molar-refractivity contribution is 7.99. The average Bonchev–Trinajstić information content (AvgIpc) is 2.42. The molecule has 0 saturated carbocycles. The SMILES string of the molecule is CC(C)SCc1cc(CSC(C)C)c2ccccc2c1. The highest BCUT2D eigenvalue weighted by Crippen LogP contribution is 2.28. The van der Waals surface area contributed by atoms with Crippen molar-refractivity contribution in [1.82, 2.24) is 0 Å². The highest BCUT2D eigenvalue weighted by Gasteiger charge is 2.06. The largest absolute Gasteiger partial charge is 0.154 e. The molecule has 2 aromatic carbocycles.